The molecule has 2 aliphatic heterocycles. The first-order valence-corrected chi connectivity index (χ1v) is 12.9. The lowest BCUT2D eigenvalue weighted by Gasteiger charge is -2.29. The van der Waals surface area contributed by atoms with Gasteiger partial charge in [0.1, 0.15) is 6.61 Å². The van der Waals surface area contributed by atoms with Gasteiger partial charge in [0.15, 0.2) is 38.4 Å². The highest BCUT2D eigenvalue weighted by Gasteiger charge is 2.36. The first-order valence-electron chi connectivity index (χ1n) is 10.2. The zero-order valence-electron chi connectivity index (χ0n) is 17.7. The van der Waals surface area contributed by atoms with Crippen LogP contribution in [-0.4, -0.2) is 69.9 Å². The third kappa shape index (κ3) is 4.52. The van der Waals surface area contributed by atoms with Crippen molar-refractivity contribution in [2.45, 2.75) is 42.8 Å². The van der Waals surface area contributed by atoms with Gasteiger partial charge in [0.05, 0.1) is 16.8 Å². The maximum absolute atomic E-state index is 13.0. The summed E-state index contributed by atoms with van der Waals surface area (Å²) < 4.78 is 37.3. The summed E-state index contributed by atoms with van der Waals surface area (Å²) in [6, 6.07) is 7.21. The summed E-state index contributed by atoms with van der Waals surface area (Å²) in [6.45, 7) is 4.48. The minimum absolute atomic E-state index is 0.0402. The van der Waals surface area contributed by atoms with Gasteiger partial charge in [-0.3, -0.25) is 4.79 Å². The summed E-state index contributed by atoms with van der Waals surface area (Å²) in [5, 5.41) is 8.68. The van der Waals surface area contributed by atoms with E-state index in [-0.39, 0.29) is 23.5 Å². The van der Waals surface area contributed by atoms with Crippen molar-refractivity contribution in [1.82, 2.24) is 19.7 Å². The lowest BCUT2D eigenvalue weighted by Crippen LogP contribution is -2.44. The van der Waals surface area contributed by atoms with Crippen LogP contribution in [0.1, 0.15) is 32.2 Å². The number of carbonyl (C=O) groups excluding carboxylic acids is 1. The van der Waals surface area contributed by atoms with E-state index in [4.69, 9.17) is 9.47 Å². The first kappa shape index (κ1) is 21.9. The number of hydrogen-bond donors (Lipinski definition) is 0. The molecule has 0 bridgehead atoms. The van der Waals surface area contributed by atoms with Gasteiger partial charge in [0, 0.05) is 19.6 Å². The van der Waals surface area contributed by atoms with E-state index in [2.05, 4.69) is 10.2 Å². The Balaban J connectivity index is 1.44. The molecule has 1 aromatic carbocycles. The molecule has 1 amide bonds. The molecular formula is C20H26N4O5S2. The lowest BCUT2D eigenvalue weighted by molar-refractivity contribution is -0.131. The molecule has 1 fully saturated rings. The second kappa shape index (κ2) is 8.70. The summed E-state index contributed by atoms with van der Waals surface area (Å²) in [5.41, 5.74) is 0. The zero-order chi connectivity index (χ0) is 22.2. The highest BCUT2D eigenvalue weighted by molar-refractivity contribution is 8.00. The topological polar surface area (TPSA) is 104 Å². The molecule has 1 saturated heterocycles. The first-order chi connectivity index (χ1) is 14.8. The van der Waals surface area contributed by atoms with E-state index in [9.17, 15) is 13.2 Å². The van der Waals surface area contributed by atoms with Crippen molar-refractivity contribution in [3.05, 3.63) is 30.1 Å². The lowest BCUT2D eigenvalue weighted by atomic mass is 10.2. The SMILES string of the molecule is CCN(C(=O)[C@H](C)Sc1nnc([C@@H]2COc3ccccc3O2)n1C)[C@@H]1CCS(=O)(=O)C1. The van der Waals surface area contributed by atoms with Crippen LogP contribution < -0.4 is 9.47 Å². The Morgan fingerprint density at radius 1 is 1.32 bits per heavy atom. The predicted octanol–water partition coefficient (Wildman–Crippen LogP) is 1.84. The third-order valence-corrected chi connectivity index (χ3v) is 8.44. The van der Waals surface area contributed by atoms with Crippen LogP contribution >= 0.6 is 11.8 Å². The molecule has 0 spiro atoms. The molecule has 0 N–H and O–H groups in total. The summed E-state index contributed by atoms with van der Waals surface area (Å²) >= 11 is 1.30. The van der Waals surface area contributed by atoms with Crippen LogP contribution in [-0.2, 0) is 21.7 Å². The predicted molar refractivity (Wildman–Crippen MR) is 116 cm³/mol. The maximum Gasteiger partial charge on any atom is 0.236 e. The highest BCUT2D eigenvalue weighted by atomic mass is 32.2. The number of rotatable bonds is 6. The molecule has 11 heteroatoms. The molecule has 31 heavy (non-hydrogen) atoms. The fourth-order valence-corrected chi connectivity index (χ4v) is 6.54. The second-order valence-electron chi connectivity index (χ2n) is 7.71. The van der Waals surface area contributed by atoms with Crippen molar-refractivity contribution in [2.24, 2.45) is 7.05 Å². The molecule has 2 aromatic rings. The fourth-order valence-electron chi connectivity index (χ4n) is 3.91. The number of para-hydroxylation sites is 2. The smallest absolute Gasteiger partial charge is 0.236 e. The number of carbonyl (C=O) groups is 1. The second-order valence-corrected chi connectivity index (χ2v) is 11.2. The van der Waals surface area contributed by atoms with Crippen molar-refractivity contribution in [1.29, 1.82) is 0 Å². The van der Waals surface area contributed by atoms with Crippen molar-refractivity contribution in [3.8, 4) is 11.5 Å². The molecule has 0 saturated carbocycles. The molecule has 3 heterocycles. The number of benzene rings is 1. The van der Waals surface area contributed by atoms with Gasteiger partial charge in [-0.25, -0.2) is 8.42 Å². The minimum atomic E-state index is -3.06. The van der Waals surface area contributed by atoms with E-state index >= 15 is 0 Å². The van der Waals surface area contributed by atoms with Crippen LogP contribution in [0.4, 0.5) is 0 Å². The van der Waals surface area contributed by atoms with Gasteiger partial charge in [0.25, 0.3) is 0 Å². The van der Waals surface area contributed by atoms with Gasteiger partial charge in [-0.05, 0) is 32.4 Å². The van der Waals surface area contributed by atoms with Gasteiger partial charge >= 0.3 is 0 Å². The molecule has 0 unspecified atom stereocenters. The van der Waals surface area contributed by atoms with Crippen molar-refractivity contribution >= 4 is 27.5 Å². The van der Waals surface area contributed by atoms with E-state index in [0.717, 1.165) is 0 Å². The monoisotopic (exact) mass is 466 g/mol. The van der Waals surface area contributed by atoms with E-state index in [1.807, 2.05) is 49.7 Å². The number of ether oxygens (including phenoxy) is 2. The normalized spacial score (nSPS) is 22.8. The molecule has 2 aliphatic rings. The Morgan fingerprint density at radius 3 is 2.74 bits per heavy atom. The van der Waals surface area contributed by atoms with Crippen LogP contribution in [0.3, 0.4) is 0 Å². The minimum Gasteiger partial charge on any atom is -0.485 e. The number of hydrogen-bond acceptors (Lipinski definition) is 8. The standard InChI is InChI=1S/C20H26N4O5S2/c1-4-24(14-9-10-31(26,27)12-14)19(25)13(2)30-20-22-21-18(23(20)3)17-11-28-15-7-5-6-8-16(15)29-17/h5-8,13-14,17H,4,9-12H2,1-3H3/t13-,14+,17-/m0/s1. The Hall–Kier alpha value is -2.27. The number of aromatic nitrogens is 3. The number of thioether (sulfide) groups is 1. The Bertz CT molecular complexity index is 1070. The number of nitrogens with zero attached hydrogens (tertiary/aromatic N) is 4. The molecule has 0 aliphatic carbocycles. The summed E-state index contributed by atoms with van der Waals surface area (Å²) in [7, 11) is -1.23. The Kier molecular flexibility index (Phi) is 6.16. The average molecular weight is 467 g/mol. The van der Waals surface area contributed by atoms with Crippen LogP contribution in [0.25, 0.3) is 0 Å². The van der Waals surface area contributed by atoms with Gasteiger partial charge in [-0.2, -0.15) is 0 Å². The molecule has 3 atom stereocenters. The van der Waals surface area contributed by atoms with Crippen molar-refractivity contribution in [3.63, 3.8) is 0 Å². The largest absolute Gasteiger partial charge is 0.485 e. The molecule has 168 valence electrons. The van der Waals surface area contributed by atoms with Crippen molar-refractivity contribution < 1.29 is 22.7 Å². The van der Waals surface area contributed by atoms with Gasteiger partial charge in [-0.15, -0.1) is 10.2 Å². The van der Waals surface area contributed by atoms with E-state index in [0.29, 0.717) is 42.1 Å². The van der Waals surface area contributed by atoms with Crippen molar-refractivity contribution in [2.75, 3.05) is 24.7 Å². The number of sulfone groups is 1. The number of amides is 1. The molecule has 0 radical (unpaired) electrons. The quantitative estimate of drug-likeness (QED) is 0.594. The number of fused-ring (bicyclic) bond motifs is 1. The Morgan fingerprint density at radius 2 is 2.06 bits per heavy atom. The highest BCUT2D eigenvalue weighted by Crippen LogP contribution is 2.36. The van der Waals surface area contributed by atoms with E-state index in [1.54, 1.807) is 4.90 Å². The van der Waals surface area contributed by atoms with Gasteiger partial charge in [0.2, 0.25) is 5.91 Å². The molecule has 1 aromatic heterocycles. The van der Waals surface area contributed by atoms with Crippen LogP contribution in [0.15, 0.2) is 29.4 Å². The molecule has 9 nitrogen and oxygen atoms in total. The Labute approximate surface area is 186 Å². The van der Waals surface area contributed by atoms with Gasteiger partial charge < -0.3 is 18.9 Å². The average Bonchev–Trinajstić information content (AvgIpc) is 3.30. The zero-order valence-corrected chi connectivity index (χ0v) is 19.4. The fraction of sp³-hybridized carbons (Fsp3) is 0.550. The summed E-state index contributed by atoms with van der Waals surface area (Å²) in [4.78, 5) is 14.7. The van der Waals surface area contributed by atoms with Crippen LogP contribution in [0.2, 0.25) is 0 Å². The van der Waals surface area contributed by atoms with E-state index < -0.39 is 21.2 Å². The summed E-state index contributed by atoms with van der Waals surface area (Å²) in [6.07, 6.45) is 0.0945. The van der Waals surface area contributed by atoms with Crippen LogP contribution in [0, 0.1) is 0 Å². The molecular weight excluding hydrogens is 440 g/mol. The van der Waals surface area contributed by atoms with Crippen LogP contribution in [0.5, 0.6) is 11.5 Å². The van der Waals surface area contributed by atoms with Gasteiger partial charge in [-0.1, -0.05) is 23.9 Å². The van der Waals surface area contributed by atoms with E-state index in [1.165, 1.54) is 11.8 Å². The third-order valence-electron chi connectivity index (χ3n) is 5.57. The molecule has 4 rings (SSSR count). The summed E-state index contributed by atoms with van der Waals surface area (Å²) in [5.74, 6) is 2.06. The maximum atomic E-state index is 13.0.